The van der Waals surface area contributed by atoms with Gasteiger partial charge in [-0.05, 0) is 61.0 Å². The number of rotatable bonds is 6. The van der Waals surface area contributed by atoms with E-state index in [0.29, 0.717) is 33.9 Å². The van der Waals surface area contributed by atoms with Crippen molar-refractivity contribution in [2.75, 3.05) is 10.6 Å². The maximum atomic E-state index is 12.4. The summed E-state index contributed by atoms with van der Waals surface area (Å²) in [5, 5.41) is 16.6. The van der Waals surface area contributed by atoms with Gasteiger partial charge in [0.1, 0.15) is 11.6 Å². The summed E-state index contributed by atoms with van der Waals surface area (Å²) in [5.74, 6) is -0.411. The van der Waals surface area contributed by atoms with Crippen molar-refractivity contribution in [2.24, 2.45) is 0 Å². The van der Waals surface area contributed by atoms with E-state index < -0.39 is 5.56 Å². The van der Waals surface area contributed by atoms with Crippen LogP contribution in [-0.2, 0) is 11.2 Å². The molecule has 1 aromatic carbocycles. The highest BCUT2D eigenvalue weighted by molar-refractivity contribution is 7.12. The number of aromatic nitrogens is 1. The lowest BCUT2D eigenvalue weighted by Gasteiger charge is -2.11. The smallest absolute Gasteiger partial charge is 0.266 e. The van der Waals surface area contributed by atoms with Crippen LogP contribution in [0.5, 0.6) is 0 Å². The van der Waals surface area contributed by atoms with E-state index in [4.69, 9.17) is 5.26 Å². The Balaban J connectivity index is 1.64. The molecule has 0 aliphatic carbocycles. The van der Waals surface area contributed by atoms with Gasteiger partial charge < -0.3 is 15.6 Å². The second-order valence-corrected chi connectivity index (χ2v) is 7.68. The number of aromatic amines is 1. The van der Waals surface area contributed by atoms with Crippen LogP contribution in [0.2, 0.25) is 0 Å². The predicted octanol–water partition coefficient (Wildman–Crippen LogP) is 3.75. The first-order chi connectivity index (χ1) is 14.4. The van der Waals surface area contributed by atoms with Crippen molar-refractivity contribution in [2.45, 2.75) is 26.7 Å². The van der Waals surface area contributed by atoms with E-state index in [1.54, 1.807) is 44.2 Å². The molecule has 0 bridgehead atoms. The molecule has 3 rings (SSSR count). The molecule has 30 heavy (non-hydrogen) atoms. The summed E-state index contributed by atoms with van der Waals surface area (Å²) in [4.78, 5) is 39.7. The topological polar surface area (TPSA) is 115 Å². The minimum absolute atomic E-state index is 0.0743. The fraction of sp³-hybridized carbons (Fsp3) is 0.182. The molecule has 0 aliphatic rings. The summed E-state index contributed by atoms with van der Waals surface area (Å²) in [6.45, 7) is 3.47. The first-order valence-electron chi connectivity index (χ1n) is 9.26. The van der Waals surface area contributed by atoms with E-state index in [-0.39, 0.29) is 23.8 Å². The number of nitriles is 1. The number of nitrogens with one attached hydrogen (secondary N) is 3. The minimum atomic E-state index is -0.415. The summed E-state index contributed by atoms with van der Waals surface area (Å²) in [5.41, 5.74) is 2.85. The first-order valence-corrected chi connectivity index (χ1v) is 10.1. The number of pyridine rings is 1. The molecule has 2 aromatic heterocycles. The van der Waals surface area contributed by atoms with Crippen molar-refractivity contribution in [3.8, 4) is 6.07 Å². The van der Waals surface area contributed by atoms with Gasteiger partial charge in [-0.1, -0.05) is 12.1 Å². The maximum absolute atomic E-state index is 12.4. The van der Waals surface area contributed by atoms with Crippen LogP contribution in [0, 0.1) is 25.2 Å². The number of aryl methyl sites for hydroxylation is 1. The molecule has 0 radical (unpaired) electrons. The van der Waals surface area contributed by atoms with Crippen molar-refractivity contribution in [1.82, 2.24) is 4.98 Å². The molecule has 2 heterocycles. The van der Waals surface area contributed by atoms with Gasteiger partial charge in [0, 0.05) is 23.5 Å². The lowest BCUT2D eigenvalue weighted by molar-refractivity contribution is -0.116. The van der Waals surface area contributed by atoms with E-state index >= 15 is 0 Å². The zero-order chi connectivity index (χ0) is 21.7. The molecule has 0 saturated heterocycles. The lowest BCUT2D eigenvalue weighted by Crippen LogP contribution is -2.18. The molecule has 7 nitrogen and oxygen atoms in total. The number of hydrogen-bond donors (Lipinski definition) is 3. The van der Waals surface area contributed by atoms with Gasteiger partial charge in [0.25, 0.3) is 11.5 Å². The average molecular weight is 420 g/mol. The van der Waals surface area contributed by atoms with Gasteiger partial charge in [0.05, 0.1) is 4.88 Å². The van der Waals surface area contributed by atoms with Crippen LogP contribution in [0.3, 0.4) is 0 Å². The van der Waals surface area contributed by atoms with E-state index in [9.17, 15) is 14.4 Å². The third-order valence-corrected chi connectivity index (χ3v) is 5.54. The Morgan fingerprint density at radius 3 is 2.53 bits per heavy atom. The first kappa shape index (κ1) is 21.0. The van der Waals surface area contributed by atoms with Gasteiger partial charge in [-0.3, -0.25) is 14.4 Å². The number of nitrogens with zero attached hydrogens (tertiary/aromatic N) is 1. The molecule has 0 fully saturated rings. The number of carbonyl (C=O) groups is 2. The number of anilines is 2. The number of thiophene rings is 1. The lowest BCUT2D eigenvalue weighted by atomic mass is 9.99. The van der Waals surface area contributed by atoms with Crippen molar-refractivity contribution in [3.63, 3.8) is 0 Å². The number of benzene rings is 1. The zero-order valence-electron chi connectivity index (χ0n) is 16.5. The predicted molar refractivity (Wildman–Crippen MR) is 117 cm³/mol. The van der Waals surface area contributed by atoms with E-state index in [0.717, 1.165) is 5.56 Å². The molecule has 2 amide bonds. The third kappa shape index (κ3) is 4.82. The quantitative estimate of drug-likeness (QED) is 0.563. The van der Waals surface area contributed by atoms with E-state index in [1.807, 2.05) is 17.5 Å². The summed E-state index contributed by atoms with van der Waals surface area (Å²) in [7, 11) is 0. The second-order valence-electron chi connectivity index (χ2n) is 6.73. The highest BCUT2D eigenvalue weighted by Gasteiger charge is 2.14. The van der Waals surface area contributed by atoms with Gasteiger partial charge in [-0.15, -0.1) is 11.3 Å². The van der Waals surface area contributed by atoms with Crippen LogP contribution in [0.15, 0.2) is 46.6 Å². The van der Waals surface area contributed by atoms with Crippen LogP contribution in [0.4, 0.5) is 11.4 Å². The Morgan fingerprint density at radius 2 is 1.87 bits per heavy atom. The average Bonchev–Trinajstić information content (AvgIpc) is 3.23. The number of amides is 2. The molecule has 152 valence electrons. The maximum Gasteiger partial charge on any atom is 0.266 e. The highest BCUT2D eigenvalue weighted by atomic mass is 32.1. The van der Waals surface area contributed by atoms with Crippen LogP contribution >= 0.6 is 11.3 Å². The minimum Gasteiger partial charge on any atom is -0.326 e. The van der Waals surface area contributed by atoms with Crippen LogP contribution < -0.4 is 16.2 Å². The highest BCUT2D eigenvalue weighted by Crippen LogP contribution is 2.19. The van der Waals surface area contributed by atoms with Gasteiger partial charge in [0.2, 0.25) is 5.91 Å². The Kier molecular flexibility index (Phi) is 6.45. The van der Waals surface area contributed by atoms with Crippen molar-refractivity contribution < 1.29 is 9.59 Å². The van der Waals surface area contributed by atoms with Gasteiger partial charge in [-0.25, -0.2) is 0 Å². The Hall–Kier alpha value is -3.70. The third-order valence-electron chi connectivity index (χ3n) is 4.67. The molecular weight excluding hydrogens is 400 g/mol. The fourth-order valence-electron chi connectivity index (χ4n) is 3.16. The Labute approximate surface area is 177 Å². The summed E-state index contributed by atoms with van der Waals surface area (Å²) in [6.07, 6.45) is 0.578. The second kappa shape index (κ2) is 9.20. The molecule has 0 aliphatic heterocycles. The summed E-state index contributed by atoms with van der Waals surface area (Å²) < 4.78 is 0. The molecule has 0 unspecified atom stereocenters. The zero-order valence-corrected chi connectivity index (χ0v) is 17.4. The largest absolute Gasteiger partial charge is 0.326 e. The molecular formula is C22H20N4O3S. The van der Waals surface area contributed by atoms with Gasteiger partial charge >= 0.3 is 0 Å². The molecule has 3 N–H and O–H groups in total. The van der Waals surface area contributed by atoms with Gasteiger partial charge in [0.15, 0.2) is 0 Å². The number of H-pyrrole nitrogens is 1. The van der Waals surface area contributed by atoms with Crippen molar-refractivity contribution in [3.05, 3.63) is 79.4 Å². The Bertz CT molecular complexity index is 1190. The standard InChI is InChI=1S/C22H20N4O3S/c1-13-17(14(2)24-21(28)18(13)12-23)8-9-20(27)25-15-5-3-6-16(11-15)26-22(29)19-7-4-10-30-19/h3-7,10-11H,8-9H2,1-2H3,(H,24,28)(H,25,27)(H,26,29). The van der Waals surface area contributed by atoms with Crippen LogP contribution in [-0.4, -0.2) is 16.8 Å². The normalized spacial score (nSPS) is 10.3. The van der Waals surface area contributed by atoms with Crippen molar-refractivity contribution >= 4 is 34.5 Å². The molecule has 3 aromatic rings. The molecule has 0 spiro atoms. The van der Waals surface area contributed by atoms with Crippen LogP contribution in [0.25, 0.3) is 0 Å². The monoisotopic (exact) mass is 420 g/mol. The van der Waals surface area contributed by atoms with Crippen molar-refractivity contribution in [1.29, 1.82) is 5.26 Å². The molecule has 0 atom stereocenters. The Morgan fingerprint density at radius 1 is 1.13 bits per heavy atom. The van der Waals surface area contributed by atoms with Crippen LogP contribution in [0.1, 0.15) is 38.5 Å². The molecule has 0 saturated carbocycles. The SMILES string of the molecule is Cc1[nH]c(=O)c(C#N)c(C)c1CCC(=O)Nc1cccc(NC(=O)c2cccs2)c1. The molecule has 8 heteroatoms. The summed E-state index contributed by atoms with van der Waals surface area (Å²) >= 11 is 1.35. The fourth-order valence-corrected chi connectivity index (χ4v) is 3.78. The number of hydrogen-bond acceptors (Lipinski definition) is 5. The summed E-state index contributed by atoms with van der Waals surface area (Å²) in [6, 6.07) is 12.4. The van der Waals surface area contributed by atoms with E-state index in [2.05, 4.69) is 15.6 Å². The number of carbonyl (C=O) groups excluding carboxylic acids is 2. The van der Waals surface area contributed by atoms with Gasteiger partial charge in [-0.2, -0.15) is 5.26 Å². The van der Waals surface area contributed by atoms with E-state index in [1.165, 1.54) is 11.3 Å².